The third-order valence-corrected chi connectivity index (χ3v) is 12.5. The van der Waals surface area contributed by atoms with Crippen molar-refractivity contribution in [2.24, 2.45) is 53.8 Å². The molecular formula is C34H35B16Cl2F2I2N11O8. The highest BCUT2D eigenvalue weighted by Gasteiger charge is 2.38. The number of anilines is 3. The summed E-state index contributed by atoms with van der Waals surface area (Å²) in [6.07, 6.45) is -5.02. The molecule has 0 saturated carbocycles. The largest absolute Gasteiger partial charge is 0.396 e. The normalized spacial score (nSPS) is 9.75. The molecule has 0 saturated heterocycles. The van der Waals surface area contributed by atoms with Gasteiger partial charge in [0.25, 0.3) is 28.5 Å². The third kappa shape index (κ3) is 18.3. The van der Waals surface area contributed by atoms with E-state index in [9.17, 15) is 47.1 Å². The van der Waals surface area contributed by atoms with Gasteiger partial charge < -0.3 is 22.5 Å². The van der Waals surface area contributed by atoms with E-state index in [2.05, 4.69) is 5.32 Å². The Bertz CT molecular complexity index is 3300. The maximum Gasteiger partial charge on any atom is 0.332 e. The molecule has 2 amide bonds. The summed E-state index contributed by atoms with van der Waals surface area (Å²) in [6.45, 7) is 0. The van der Waals surface area contributed by atoms with Gasteiger partial charge in [0.2, 0.25) is 0 Å². The number of benzene rings is 2. The van der Waals surface area contributed by atoms with Gasteiger partial charge in [0.15, 0.2) is 5.56 Å². The molecular weight excluding hydrogens is 1230 g/mol. The Hall–Kier alpha value is -4.55. The van der Waals surface area contributed by atoms with Crippen LogP contribution in [-0.4, -0.2) is 154 Å². The van der Waals surface area contributed by atoms with Gasteiger partial charge in [0.1, 0.15) is 45.0 Å². The lowest BCUT2D eigenvalue weighted by Gasteiger charge is -2.37. The molecule has 0 aliphatic heterocycles. The minimum Gasteiger partial charge on any atom is -0.396 e. The second-order valence-electron chi connectivity index (χ2n) is 15.5. The molecule has 0 unspecified atom stereocenters. The summed E-state index contributed by atoms with van der Waals surface area (Å²) >= 11 is 15.2. The van der Waals surface area contributed by atoms with Crippen molar-refractivity contribution in [1.29, 1.82) is 5.26 Å². The highest BCUT2D eigenvalue weighted by molar-refractivity contribution is 14.1. The molecule has 364 valence electrons. The van der Waals surface area contributed by atoms with Gasteiger partial charge in [0.05, 0.1) is 11.4 Å². The van der Waals surface area contributed by atoms with Gasteiger partial charge in [-0.25, -0.2) is 23.2 Å². The Morgan fingerprint density at radius 1 is 0.600 bits per heavy atom. The first-order chi connectivity index (χ1) is 34.0. The lowest BCUT2D eigenvalue weighted by Crippen LogP contribution is -2.75. The minimum atomic E-state index is -1.01. The molecule has 0 fully saturated rings. The third-order valence-electron chi connectivity index (χ3n) is 10.3. The fraction of sp³-hybridized carbons (Fsp3) is 0.206. The van der Waals surface area contributed by atoms with Crippen LogP contribution in [0.5, 0.6) is 0 Å². The molecule has 19 nitrogen and oxygen atoms in total. The Kier molecular flexibility index (Phi) is 29.1. The van der Waals surface area contributed by atoms with Crippen LogP contribution in [0.15, 0.2) is 65.2 Å². The van der Waals surface area contributed by atoms with Crippen LogP contribution in [-0.2, 0) is 42.3 Å². The van der Waals surface area contributed by atoms with Gasteiger partial charge in [-0.1, -0.05) is 30.6 Å². The summed E-state index contributed by atoms with van der Waals surface area (Å²) in [5.74, 6) is -3.05. The number of hydrogen-bond acceptors (Lipinski definition) is 11. The van der Waals surface area contributed by atoms with Crippen molar-refractivity contribution in [3.05, 3.63) is 145 Å². The quantitative estimate of drug-likeness (QED) is 0.0449. The van der Waals surface area contributed by atoms with Gasteiger partial charge in [-0.2, -0.15) is 5.26 Å². The first-order valence-corrected chi connectivity index (χ1v) is 23.4. The van der Waals surface area contributed by atoms with E-state index in [4.69, 9.17) is 115 Å². The second kappa shape index (κ2) is 31.0. The Morgan fingerprint density at radius 3 is 1.36 bits per heavy atom. The molecule has 7 N–H and O–H groups in total. The van der Waals surface area contributed by atoms with E-state index in [1.165, 1.54) is 60.5 Å². The number of aromatic nitrogens is 6. The predicted octanol–water partition coefficient (Wildman–Crippen LogP) is -4.33. The molecule has 0 atom stereocenters. The molecule has 5 aromatic rings. The average Bonchev–Trinajstić information content (AvgIpc) is 3.31. The number of nitrogens with zero attached hydrogens (tertiary/aromatic N) is 7. The van der Waals surface area contributed by atoms with E-state index >= 15 is 0 Å². The zero-order valence-corrected chi connectivity index (χ0v) is 45.9. The Morgan fingerprint density at radius 2 is 0.987 bits per heavy atom. The van der Waals surface area contributed by atoms with Crippen molar-refractivity contribution in [1.82, 2.24) is 27.4 Å². The number of nitrogen functional groups attached to an aromatic ring is 1. The van der Waals surface area contributed by atoms with Gasteiger partial charge in [0, 0.05) is 164 Å². The second-order valence-corrected chi connectivity index (χ2v) is 18.7. The number of nitrogens with two attached hydrogens (primary N) is 3. The summed E-state index contributed by atoms with van der Waals surface area (Å²) in [5.41, 5.74) is 10.5. The monoisotopic (exact) mass is 1260 g/mol. The lowest BCUT2D eigenvalue weighted by atomic mass is 8.44. The van der Waals surface area contributed by atoms with E-state index in [0.717, 1.165) is 31.0 Å². The summed E-state index contributed by atoms with van der Waals surface area (Å²) in [4.78, 5) is 91.5. The molecule has 0 aliphatic carbocycles. The van der Waals surface area contributed by atoms with E-state index in [1.807, 2.05) is 45.2 Å². The minimum absolute atomic E-state index is 0. The summed E-state index contributed by atoms with van der Waals surface area (Å²) < 4.78 is 33.3. The summed E-state index contributed by atoms with van der Waals surface area (Å²) in [5, 5.41) is 10.8. The van der Waals surface area contributed by atoms with Crippen molar-refractivity contribution in [2.75, 3.05) is 11.1 Å². The predicted molar refractivity (Wildman–Crippen MR) is 327 cm³/mol. The highest BCUT2D eigenvalue weighted by atomic mass is 127. The number of nitrogens with one attached hydrogen (secondary N) is 1. The van der Waals surface area contributed by atoms with Gasteiger partial charge in [-0.05, 0) is 81.6 Å². The lowest BCUT2D eigenvalue weighted by molar-refractivity contribution is 0.0989. The molecule has 0 bridgehead atoms. The van der Waals surface area contributed by atoms with Gasteiger partial charge in [-0.15, -0.1) is 0 Å². The van der Waals surface area contributed by atoms with E-state index in [0.29, 0.717) is 3.57 Å². The van der Waals surface area contributed by atoms with Crippen molar-refractivity contribution in [3.63, 3.8) is 0 Å². The van der Waals surface area contributed by atoms with Crippen LogP contribution >= 0.6 is 68.4 Å². The van der Waals surface area contributed by atoms with Crippen LogP contribution in [0.1, 0.15) is 33.7 Å². The van der Waals surface area contributed by atoms with Gasteiger partial charge >= 0.3 is 17.1 Å². The van der Waals surface area contributed by atoms with Gasteiger partial charge in [-0.3, -0.25) is 51.4 Å². The number of hydrogen-bond donors (Lipinski definition) is 4. The molecule has 2 aromatic carbocycles. The fourth-order valence-corrected chi connectivity index (χ4v) is 7.52. The molecule has 3 heterocycles. The van der Waals surface area contributed by atoms with Crippen molar-refractivity contribution in [3.8, 4) is 6.07 Å². The Labute approximate surface area is 482 Å². The van der Waals surface area contributed by atoms with Crippen LogP contribution in [0.25, 0.3) is 0 Å². The van der Waals surface area contributed by atoms with Crippen molar-refractivity contribution >= 4 is 212 Å². The molecule has 3 aromatic heterocycles. The maximum absolute atomic E-state index is 13.9. The Balaban J connectivity index is 0.000000935. The number of nitriles is 1. The molecule has 5 rings (SSSR count). The number of primary amides is 2. The highest BCUT2D eigenvalue weighted by Crippen LogP contribution is 2.22. The van der Waals surface area contributed by atoms with Crippen molar-refractivity contribution in [2.45, 2.75) is 7.43 Å². The zero-order valence-electron chi connectivity index (χ0n) is 40.1. The molecule has 41 heteroatoms. The van der Waals surface area contributed by atoms with Crippen LogP contribution < -0.4 is 56.3 Å². The maximum atomic E-state index is 13.9. The molecule has 18 radical (unpaired) electrons. The van der Waals surface area contributed by atoms with Crippen LogP contribution in [0.2, 0.25) is 10.3 Å². The van der Waals surface area contributed by atoms with E-state index in [-0.39, 0.29) is 51.9 Å². The number of halogens is 6. The smallest absolute Gasteiger partial charge is 0.332 e. The fourth-order valence-electron chi connectivity index (χ4n) is 6.17. The summed E-state index contributed by atoms with van der Waals surface area (Å²) in [7, 11) is 58.2. The molecule has 75 heavy (non-hydrogen) atoms. The van der Waals surface area contributed by atoms with Crippen LogP contribution in [0.4, 0.5) is 26.0 Å². The molecule has 0 aliphatic rings. The number of carbonyl (C=O) groups excluding carboxylic acids is 2. The standard InChI is InChI=1S/C13H12FIN4O3.C7H8ClN3O3.C7H6ClN3O2.C6H5FIN.CH4.B16/c1-18-11(17-8-4-3-6(15)5-7(8)14)9(10(16)20)12(21)19(2)13(18)22;1-10-4(8)3(5(9)12)6(13)11(2)7(10)14;1-10-5(8)4(3-9)6(12)11(2)7(10)13;7-5-3-4(8)1-2-6(5)9;;1-10(2)14(9)16(13(7)8)15(11(3)4)12(5)6/h3-5,17H,1-2H3,(H2,16,20);1-2H3,(H2,9,12);1-2H3;1-3H,9H2;1H4;. The van der Waals surface area contributed by atoms with Crippen LogP contribution in [0, 0.1) is 30.1 Å². The van der Waals surface area contributed by atoms with Crippen molar-refractivity contribution < 1.29 is 18.4 Å². The number of amides is 2. The average molecular weight is 1260 g/mol. The number of carbonyl (C=O) groups is 2. The molecule has 0 spiro atoms. The number of rotatable bonds is 10. The van der Waals surface area contributed by atoms with Crippen LogP contribution in [0.3, 0.4) is 0 Å². The summed E-state index contributed by atoms with van der Waals surface area (Å²) in [6, 6.07) is 10.7. The van der Waals surface area contributed by atoms with E-state index < -0.39 is 102 Å². The topological polar surface area (TPSA) is 280 Å². The SMILES string of the molecule is C.Cn1c(Cl)c(C#N)c(=O)n(C)c1=O.Cn1c(Cl)c(C(N)=O)c(=O)n(C)c1=O.Cn1c(Nc2ccc(I)cc2F)c(C(N)=O)c(=O)n(C)c1=O.Nc1ccc(I)cc1F.[B]B([B])B([B])B(B([B])[B])B(B([B])[B])B([B])[B]. The first-order valence-electron chi connectivity index (χ1n) is 20.4. The first kappa shape index (κ1) is 70.4. The zero-order chi connectivity index (χ0) is 57.7. The van der Waals surface area contributed by atoms with E-state index in [1.54, 1.807) is 24.3 Å².